The van der Waals surface area contributed by atoms with Crippen LogP contribution < -0.4 is 0 Å². The molecular formula is C17H23FO. The lowest BCUT2D eigenvalue weighted by atomic mass is 9.85. The second kappa shape index (κ2) is 6.31. The predicted molar refractivity (Wildman–Crippen MR) is 76.0 cm³/mol. The van der Waals surface area contributed by atoms with Crippen molar-refractivity contribution in [2.75, 3.05) is 0 Å². The molecule has 1 fully saturated rings. The molecule has 1 aliphatic rings. The Morgan fingerprint density at radius 3 is 2.53 bits per heavy atom. The van der Waals surface area contributed by atoms with Crippen LogP contribution in [-0.4, -0.2) is 5.78 Å². The molecule has 0 N–H and O–H groups in total. The van der Waals surface area contributed by atoms with Gasteiger partial charge in [-0.15, -0.1) is 0 Å². The van der Waals surface area contributed by atoms with Crippen LogP contribution in [0.3, 0.4) is 0 Å². The van der Waals surface area contributed by atoms with E-state index in [-0.39, 0.29) is 11.6 Å². The number of ketones is 1. The standard InChI is InChI=1S/C17H23FO/c1-12-10-13(2)17(15(18)11-12)16(19)9-8-14-6-4-3-5-7-14/h10-11,14H,3-9H2,1-2H3. The van der Waals surface area contributed by atoms with Crippen molar-refractivity contribution < 1.29 is 9.18 Å². The first kappa shape index (κ1) is 14.2. The van der Waals surface area contributed by atoms with E-state index in [0.717, 1.165) is 17.5 Å². The van der Waals surface area contributed by atoms with Crippen LogP contribution in [0, 0.1) is 25.6 Å². The summed E-state index contributed by atoms with van der Waals surface area (Å²) in [5, 5.41) is 0. The third kappa shape index (κ3) is 3.65. The van der Waals surface area contributed by atoms with E-state index in [1.54, 1.807) is 0 Å². The van der Waals surface area contributed by atoms with Gasteiger partial charge in [0.05, 0.1) is 5.56 Å². The van der Waals surface area contributed by atoms with Crippen molar-refractivity contribution >= 4 is 5.78 Å². The first-order valence-corrected chi connectivity index (χ1v) is 7.38. The van der Waals surface area contributed by atoms with Crippen LogP contribution >= 0.6 is 0 Å². The highest BCUT2D eigenvalue weighted by Gasteiger charge is 2.18. The monoisotopic (exact) mass is 262 g/mol. The molecule has 1 aliphatic carbocycles. The number of hydrogen-bond donors (Lipinski definition) is 0. The molecule has 2 heteroatoms. The van der Waals surface area contributed by atoms with Crippen LogP contribution in [0.25, 0.3) is 0 Å². The van der Waals surface area contributed by atoms with Gasteiger partial charge in [0.2, 0.25) is 0 Å². The molecule has 0 radical (unpaired) electrons. The van der Waals surface area contributed by atoms with E-state index in [0.29, 0.717) is 17.9 Å². The minimum Gasteiger partial charge on any atom is -0.294 e. The smallest absolute Gasteiger partial charge is 0.166 e. The maximum atomic E-state index is 13.9. The lowest BCUT2D eigenvalue weighted by Crippen LogP contribution is -2.11. The first-order chi connectivity index (χ1) is 9.08. The zero-order valence-electron chi connectivity index (χ0n) is 12.0. The summed E-state index contributed by atoms with van der Waals surface area (Å²) in [7, 11) is 0. The van der Waals surface area contributed by atoms with E-state index in [1.807, 2.05) is 19.9 Å². The largest absolute Gasteiger partial charge is 0.294 e. The Morgan fingerprint density at radius 1 is 1.21 bits per heavy atom. The van der Waals surface area contributed by atoms with E-state index in [1.165, 1.54) is 38.2 Å². The van der Waals surface area contributed by atoms with E-state index in [4.69, 9.17) is 0 Å². The third-order valence-corrected chi connectivity index (χ3v) is 4.21. The summed E-state index contributed by atoms with van der Waals surface area (Å²) in [6.45, 7) is 3.68. The fourth-order valence-electron chi connectivity index (χ4n) is 3.20. The topological polar surface area (TPSA) is 17.1 Å². The molecule has 104 valence electrons. The van der Waals surface area contributed by atoms with Gasteiger partial charge >= 0.3 is 0 Å². The van der Waals surface area contributed by atoms with Crippen LogP contribution in [0.15, 0.2) is 12.1 Å². The normalized spacial score (nSPS) is 16.6. The highest BCUT2D eigenvalue weighted by Crippen LogP contribution is 2.28. The summed E-state index contributed by atoms with van der Waals surface area (Å²) in [6, 6.07) is 3.35. The molecule has 2 rings (SSSR count). The van der Waals surface area contributed by atoms with Crippen molar-refractivity contribution in [1.29, 1.82) is 0 Å². The maximum Gasteiger partial charge on any atom is 0.166 e. The van der Waals surface area contributed by atoms with E-state index in [9.17, 15) is 9.18 Å². The molecule has 1 aromatic rings. The Morgan fingerprint density at radius 2 is 1.89 bits per heavy atom. The van der Waals surface area contributed by atoms with Gasteiger partial charge in [-0.2, -0.15) is 0 Å². The quantitative estimate of drug-likeness (QED) is 0.699. The number of halogens is 1. The van der Waals surface area contributed by atoms with Crippen molar-refractivity contribution in [1.82, 2.24) is 0 Å². The average Bonchev–Trinajstić information content (AvgIpc) is 2.36. The molecule has 0 unspecified atom stereocenters. The van der Waals surface area contributed by atoms with Crippen molar-refractivity contribution in [3.8, 4) is 0 Å². The molecule has 0 aromatic heterocycles. The molecular weight excluding hydrogens is 239 g/mol. The molecule has 0 aliphatic heterocycles. The molecule has 0 spiro atoms. The highest BCUT2D eigenvalue weighted by atomic mass is 19.1. The molecule has 19 heavy (non-hydrogen) atoms. The van der Waals surface area contributed by atoms with Gasteiger partial charge in [-0.3, -0.25) is 4.79 Å². The van der Waals surface area contributed by atoms with Gasteiger partial charge < -0.3 is 0 Å². The summed E-state index contributed by atoms with van der Waals surface area (Å²) in [6.07, 6.45) is 7.80. The van der Waals surface area contributed by atoms with Gasteiger partial charge in [0, 0.05) is 6.42 Å². The van der Waals surface area contributed by atoms with Crippen LogP contribution in [0.5, 0.6) is 0 Å². The lowest BCUT2D eigenvalue weighted by Gasteiger charge is -2.21. The number of benzene rings is 1. The highest BCUT2D eigenvalue weighted by molar-refractivity contribution is 5.97. The number of Topliss-reactive ketones (excluding diaryl/α,β-unsaturated/α-hetero) is 1. The lowest BCUT2D eigenvalue weighted by molar-refractivity contribution is 0.0965. The molecule has 0 atom stereocenters. The Bertz CT molecular complexity index is 435. The van der Waals surface area contributed by atoms with Gasteiger partial charge in [-0.05, 0) is 43.4 Å². The fraction of sp³-hybridized carbons (Fsp3) is 0.588. The summed E-state index contributed by atoms with van der Waals surface area (Å²) in [5.41, 5.74) is 1.95. The Kier molecular flexibility index (Phi) is 4.73. The summed E-state index contributed by atoms with van der Waals surface area (Å²) in [4.78, 5) is 12.2. The van der Waals surface area contributed by atoms with Gasteiger partial charge in [0.1, 0.15) is 5.82 Å². The predicted octanol–water partition coefficient (Wildman–Crippen LogP) is 4.99. The van der Waals surface area contributed by atoms with E-state index in [2.05, 4.69) is 0 Å². The summed E-state index contributed by atoms with van der Waals surface area (Å²) in [5.74, 6) is 0.290. The number of carbonyl (C=O) groups excluding carboxylic acids is 1. The molecule has 1 nitrogen and oxygen atoms in total. The number of rotatable bonds is 4. The van der Waals surface area contributed by atoms with Gasteiger partial charge in [-0.25, -0.2) is 4.39 Å². The summed E-state index contributed by atoms with van der Waals surface area (Å²) >= 11 is 0. The minimum atomic E-state index is -0.355. The average molecular weight is 262 g/mol. The number of aryl methyl sites for hydroxylation is 2. The molecule has 0 amide bonds. The SMILES string of the molecule is Cc1cc(C)c(C(=O)CCC2CCCCC2)c(F)c1. The van der Waals surface area contributed by atoms with Crippen molar-refractivity contribution in [3.05, 3.63) is 34.6 Å². The zero-order valence-corrected chi connectivity index (χ0v) is 12.0. The van der Waals surface area contributed by atoms with Crippen LogP contribution in [0.1, 0.15) is 66.4 Å². The van der Waals surface area contributed by atoms with Crippen LogP contribution in [-0.2, 0) is 0 Å². The summed E-state index contributed by atoms with van der Waals surface area (Å²) < 4.78 is 13.9. The number of carbonyl (C=O) groups is 1. The van der Waals surface area contributed by atoms with Crippen molar-refractivity contribution in [2.24, 2.45) is 5.92 Å². The Hall–Kier alpha value is -1.18. The third-order valence-electron chi connectivity index (χ3n) is 4.21. The number of hydrogen-bond acceptors (Lipinski definition) is 1. The second-order valence-electron chi connectivity index (χ2n) is 5.90. The molecule has 1 aromatic carbocycles. The van der Waals surface area contributed by atoms with Gasteiger partial charge in [0.25, 0.3) is 0 Å². The van der Waals surface area contributed by atoms with Crippen LogP contribution in [0.2, 0.25) is 0 Å². The van der Waals surface area contributed by atoms with Gasteiger partial charge in [-0.1, -0.05) is 38.2 Å². The van der Waals surface area contributed by atoms with Crippen molar-refractivity contribution in [3.63, 3.8) is 0 Å². The van der Waals surface area contributed by atoms with Gasteiger partial charge in [0.15, 0.2) is 5.78 Å². The molecule has 0 saturated heterocycles. The minimum absolute atomic E-state index is 0.0272. The molecule has 1 saturated carbocycles. The Labute approximate surface area is 115 Å². The maximum absolute atomic E-state index is 13.9. The second-order valence-corrected chi connectivity index (χ2v) is 5.90. The van der Waals surface area contributed by atoms with Crippen molar-refractivity contribution in [2.45, 2.75) is 58.8 Å². The first-order valence-electron chi connectivity index (χ1n) is 7.38. The fourth-order valence-corrected chi connectivity index (χ4v) is 3.20. The zero-order chi connectivity index (χ0) is 13.8. The Balaban J connectivity index is 1.99. The van der Waals surface area contributed by atoms with Crippen LogP contribution in [0.4, 0.5) is 4.39 Å². The van der Waals surface area contributed by atoms with E-state index < -0.39 is 0 Å². The van der Waals surface area contributed by atoms with E-state index >= 15 is 0 Å². The molecule has 0 bridgehead atoms. The molecule has 0 heterocycles.